The summed E-state index contributed by atoms with van der Waals surface area (Å²) in [5.74, 6) is -6.31. The van der Waals surface area contributed by atoms with Crippen LogP contribution in [0.25, 0.3) is 0 Å². The zero-order chi connectivity index (χ0) is 36.8. The van der Waals surface area contributed by atoms with Gasteiger partial charge in [0.2, 0.25) is 11.8 Å². The van der Waals surface area contributed by atoms with Crippen LogP contribution in [-0.2, 0) is 32.4 Å². The fourth-order valence-electron chi connectivity index (χ4n) is 5.60. The van der Waals surface area contributed by atoms with E-state index in [4.69, 9.17) is 0 Å². The summed E-state index contributed by atoms with van der Waals surface area (Å²) in [7, 11) is -3.97. The van der Waals surface area contributed by atoms with Crippen molar-refractivity contribution >= 4 is 27.6 Å². The minimum atomic E-state index is -3.97. The Hall–Kier alpha value is -4.27. The van der Waals surface area contributed by atoms with E-state index in [1.807, 2.05) is 19.9 Å². The molecule has 11 nitrogen and oxygen atoms in total. The number of amides is 3. The number of rotatable bonds is 19. The van der Waals surface area contributed by atoms with Crippen molar-refractivity contribution in [2.75, 3.05) is 5.75 Å². The highest BCUT2D eigenvalue weighted by atomic mass is 32.2. The summed E-state index contributed by atoms with van der Waals surface area (Å²) in [6.07, 6.45) is 0.367. The van der Waals surface area contributed by atoms with E-state index in [0.29, 0.717) is 31.7 Å². The van der Waals surface area contributed by atoms with Gasteiger partial charge in [0.15, 0.2) is 9.84 Å². The van der Waals surface area contributed by atoms with Crippen LogP contribution in [0.2, 0.25) is 0 Å². The van der Waals surface area contributed by atoms with Crippen molar-refractivity contribution < 1.29 is 41.8 Å². The fourth-order valence-corrected chi connectivity index (χ4v) is 7.76. The third-order valence-corrected chi connectivity index (χ3v) is 10.7. The number of aromatic nitrogens is 1. The van der Waals surface area contributed by atoms with E-state index in [-0.39, 0.29) is 17.7 Å². The summed E-state index contributed by atoms with van der Waals surface area (Å²) in [5.41, 5.74) is 0.837. The monoisotopic (exact) mass is 716 g/mol. The molecule has 5 N–H and O–H groups in total. The molecule has 0 radical (unpaired) electrons. The van der Waals surface area contributed by atoms with Gasteiger partial charge in [-0.3, -0.25) is 19.4 Å². The number of benzene rings is 2. The second kappa shape index (κ2) is 19.2. The normalized spacial score (nSPS) is 14.6. The third kappa shape index (κ3) is 12.0. The van der Waals surface area contributed by atoms with E-state index >= 15 is 0 Å². The maximum Gasteiger partial charge on any atom is 0.253 e. The SMILES string of the molecule is CCCC(CCC)S(=O)(=O)CC(NC(=O)c1cccnc1)C(=O)NC(Cc1cc(F)cc(F)c1)C(O)C(O)C(C)C(=O)NCc1ccccc1. The summed E-state index contributed by atoms with van der Waals surface area (Å²) >= 11 is 0. The van der Waals surface area contributed by atoms with Crippen molar-refractivity contribution in [1.82, 2.24) is 20.9 Å². The van der Waals surface area contributed by atoms with Crippen molar-refractivity contribution in [3.05, 3.63) is 101 Å². The number of carbonyl (C=O) groups is 3. The first kappa shape index (κ1) is 40.2. The van der Waals surface area contributed by atoms with Gasteiger partial charge in [0.05, 0.1) is 34.6 Å². The van der Waals surface area contributed by atoms with E-state index in [2.05, 4.69) is 20.9 Å². The van der Waals surface area contributed by atoms with E-state index in [1.54, 1.807) is 24.3 Å². The number of hydrogen-bond donors (Lipinski definition) is 5. The zero-order valence-electron chi connectivity index (χ0n) is 28.4. The molecular formula is C36H46F2N4O7S. The molecule has 0 spiro atoms. The van der Waals surface area contributed by atoms with Gasteiger partial charge < -0.3 is 26.2 Å². The van der Waals surface area contributed by atoms with Gasteiger partial charge in [-0.05, 0) is 54.7 Å². The smallest absolute Gasteiger partial charge is 0.253 e. The molecule has 3 amide bonds. The summed E-state index contributed by atoms with van der Waals surface area (Å²) in [5, 5.41) is 29.4. The Morgan fingerprint density at radius 3 is 2.06 bits per heavy atom. The molecule has 1 heterocycles. The Morgan fingerprint density at radius 1 is 0.840 bits per heavy atom. The number of aliphatic hydroxyl groups is 2. The molecule has 0 aliphatic rings. The van der Waals surface area contributed by atoms with Crippen LogP contribution in [-0.4, -0.2) is 76.6 Å². The second-order valence-corrected chi connectivity index (χ2v) is 14.7. The summed E-state index contributed by atoms with van der Waals surface area (Å²) < 4.78 is 55.5. The molecule has 50 heavy (non-hydrogen) atoms. The maximum atomic E-state index is 14.2. The first-order chi connectivity index (χ1) is 23.7. The molecule has 5 unspecified atom stereocenters. The maximum absolute atomic E-state index is 14.2. The van der Waals surface area contributed by atoms with Gasteiger partial charge in [-0.2, -0.15) is 0 Å². The molecule has 0 bridgehead atoms. The highest BCUT2D eigenvalue weighted by Crippen LogP contribution is 2.20. The Labute approximate surface area is 291 Å². The van der Waals surface area contributed by atoms with Crippen LogP contribution < -0.4 is 16.0 Å². The lowest BCUT2D eigenvalue weighted by atomic mass is 9.90. The van der Waals surface area contributed by atoms with Crippen molar-refractivity contribution in [3.8, 4) is 0 Å². The van der Waals surface area contributed by atoms with Crippen LogP contribution in [0.4, 0.5) is 8.78 Å². The number of sulfone groups is 1. The second-order valence-electron chi connectivity index (χ2n) is 12.4. The molecule has 272 valence electrons. The molecule has 0 aliphatic heterocycles. The Bertz CT molecular complexity index is 1640. The van der Waals surface area contributed by atoms with Crippen LogP contribution >= 0.6 is 0 Å². The largest absolute Gasteiger partial charge is 0.390 e. The van der Waals surface area contributed by atoms with Crippen molar-refractivity contribution in [3.63, 3.8) is 0 Å². The lowest BCUT2D eigenvalue weighted by Crippen LogP contribution is -2.58. The minimum absolute atomic E-state index is 0.00486. The topological polar surface area (TPSA) is 175 Å². The number of hydrogen-bond acceptors (Lipinski definition) is 8. The molecule has 0 fully saturated rings. The van der Waals surface area contributed by atoms with Crippen molar-refractivity contribution in [2.45, 2.75) is 89.0 Å². The molecule has 0 aliphatic carbocycles. The molecule has 14 heteroatoms. The Balaban J connectivity index is 1.92. The third-order valence-electron chi connectivity index (χ3n) is 8.38. The first-order valence-corrected chi connectivity index (χ1v) is 18.3. The number of carbonyl (C=O) groups excluding carboxylic acids is 3. The van der Waals surface area contributed by atoms with Crippen molar-refractivity contribution in [1.29, 1.82) is 0 Å². The van der Waals surface area contributed by atoms with Gasteiger partial charge in [-0.15, -0.1) is 0 Å². The van der Waals surface area contributed by atoms with Crippen LogP contribution in [0, 0.1) is 17.6 Å². The van der Waals surface area contributed by atoms with Gasteiger partial charge in [0, 0.05) is 25.0 Å². The predicted molar refractivity (Wildman–Crippen MR) is 184 cm³/mol. The minimum Gasteiger partial charge on any atom is -0.390 e. The average Bonchev–Trinajstić information content (AvgIpc) is 3.09. The molecule has 3 aromatic rings. The Morgan fingerprint density at radius 2 is 1.48 bits per heavy atom. The summed E-state index contributed by atoms with van der Waals surface area (Å²) in [4.78, 5) is 43.9. The highest BCUT2D eigenvalue weighted by molar-refractivity contribution is 7.92. The first-order valence-electron chi connectivity index (χ1n) is 16.6. The lowest BCUT2D eigenvalue weighted by Gasteiger charge is -2.32. The van der Waals surface area contributed by atoms with Gasteiger partial charge in [-0.1, -0.05) is 63.9 Å². The van der Waals surface area contributed by atoms with Gasteiger partial charge >= 0.3 is 0 Å². The van der Waals surface area contributed by atoms with E-state index < -0.39 is 86.8 Å². The van der Waals surface area contributed by atoms with Gasteiger partial charge in [0.25, 0.3) is 5.91 Å². The van der Waals surface area contributed by atoms with Gasteiger partial charge in [-0.25, -0.2) is 17.2 Å². The van der Waals surface area contributed by atoms with Crippen LogP contribution in [0.1, 0.15) is 67.9 Å². The summed E-state index contributed by atoms with van der Waals surface area (Å²) in [6, 6.07) is 11.3. The Kier molecular flexibility index (Phi) is 15.4. The molecule has 0 saturated heterocycles. The quantitative estimate of drug-likeness (QED) is 0.126. The van der Waals surface area contributed by atoms with E-state index in [0.717, 1.165) is 17.7 Å². The molecule has 2 aromatic carbocycles. The zero-order valence-corrected chi connectivity index (χ0v) is 29.2. The average molecular weight is 717 g/mol. The lowest BCUT2D eigenvalue weighted by molar-refractivity contribution is -0.133. The number of nitrogens with zero attached hydrogens (tertiary/aromatic N) is 1. The van der Waals surface area contributed by atoms with Crippen molar-refractivity contribution in [2.24, 2.45) is 5.92 Å². The van der Waals surface area contributed by atoms with Gasteiger partial charge in [0.1, 0.15) is 23.8 Å². The number of pyridine rings is 1. The number of halogens is 2. The van der Waals surface area contributed by atoms with Crippen LogP contribution in [0.3, 0.4) is 0 Å². The number of aliphatic hydroxyl groups excluding tert-OH is 2. The van der Waals surface area contributed by atoms with E-state index in [9.17, 15) is 41.8 Å². The molecular weight excluding hydrogens is 670 g/mol. The van der Waals surface area contributed by atoms with E-state index in [1.165, 1.54) is 31.5 Å². The molecule has 5 atom stereocenters. The molecule has 0 saturated carbocycles. The molecule has 1 aromatic heterocycles. The predicted octanol–water partition coefficient (Wildman–Crippen LogP) is 3.24. The number of nitrogens with one attached hydrogen (secondary N) is 3. The molecule has 3 rings (SSSR count). The highest BCUT2D eigenvalue weighted by Gasteiger charge is 2.38. The summed E-state index contributed by atoms with van der Waals surface area (Å²) in [6.45, 7) is 5.17. The van der Waals surface area contributed by atoms with Crippen LogP contribution in [0.15, 0.2) is 73.1 Å². The van der Waals surface area contributed by atoms with Crippen LogP contribution in [0.5, 0.6) is 0 Å². The fraction of sp³-hybridized carbons (Fsp3) is 0.444. The standard InChI is InChI=1S/C36H46F2N4O7S/c1-4-10-29(11-5-2)50(48,49)22-31(42-35(46)26-14-9-15-39-21-26)36(47)41-30(18-25-16-27(37)19-28(38)17-25)33(44)32(43)23(3)34(45)40-20-24-12-7-6-8-13-24/h6-9,12-17,19,21,23,29-33,43-44H,4-5,10-11,18,20,22H2,1-3H3,(H,40,45)(H,41,47)(H,42,46).